The average molecular weight is 309 g/mol. The summed E-state index contributed by atoms with van der Waals surface area (Å²) in [6, 6.07) is 10.2. The Morgan fingerprint density at radius 2 is 2.04 bits per heavy atom. The SMILES string of the molecule is C=CCn1c(C)nc(Cc2ccccc2)c1CNC(=O)C(=C)C. The zero-order valence-corrected chi connectivity index (χ0v) is 13.8. The molecule has 0 fully saturated rings. The average Bonchev–Trinajstić information content (AvgIpc) is 2.81. The molecule has 0 aliphatic heterocycles. The summed E-state index contributed by atoms with van der Waals surface area (Å²) in [6.45, 7) is 12.3. The minimum Gasteiger partial charge on any atom is -0.347 e. The number of hydrogen-bond acceptors (Lipinski definition) is 2. The van der Waals surface area contributed by atoms with Gasteiger partial charge in [-0.05, 0) is 19.4 Å². The van der Waals surface area contributed by atoms with Crippen molar-refractivity contribution in [2.45, 2.75) is 33.4 Å². The topological polar surface area (TPSA) is 46.9 Å². The van der Waals surface area contributed by atoms with Crippen LogP contribution in [0.5, 0.6) is 0 Å². The van der Waals surface area contributed by atoms with E-state index in [1.54, 1.807) is 6.92 Å². The summed E-state index contributed by atoms with van der Waals surface area (Å²) in [7, 11) is 0. The van der Waals surface area contributed by atoms with Gasteiger partial charge in [0, 0.05) is 18.5 Å². The van der Waals surface area contributed by atoms with Crippen molar-refractivity contribution >= 4 is 5.91 Å². The third kappa shape index (κ3) is 4.19. The maximum absolute atomic E-state index is 11.8. The fourth-order valence-electron chi connectivity index (χ4n) is 2.49. The van der Waals surface area contributed by atoms with Crippen LogP contribution in [0.4, 0.5) is 0 Å². The molecule has 1 aromatic carbocycles. The van der Waals surface area contributed by atoms with Crippen LogP contribution in [0.15, 0.2) is 55.1 Å². The molecule has 4 heteroatoms. The fourth-order valence-corrected chi connectivity index (χ4v) is 2.49. The van der Waals surface area contributed by atoms with Crippen molar-refractivity contribution in [1.29, 1.82) is 0 Å². The van der Waals surface area contributed by atoms with Gasteiger partial charge in [-0.15, -0.1) is 6.58 Å². The maximum Gasteiger partial charge on any atom is 0.246 e. The van der Waals surface area contributed by atoms with Crippen LogP contribution in [0, 0.1) is 6.92 Å². The van der Waals surface area contributed by atoms with E-state index in [4.69, 9.17) is 0 Å². The molecule has 4 nitrogen and oxygen atoms in total. The summed E-state index contributed by atoms with van der Waals surface area (Å²) in [6.07, 6.45) is 2.58. The van der Waals surface area contributed by atoms with Gasteiger partial charge in [0.1, 0.15) is 5.82 Å². The van der Waals surface area contributed by atoms with Crippen LogP contribution in [0.1, 0.15) is 29.7 Å². The summed E-state index contributed by atoms with van der Waals surface area (Å²) in [5.41, 5.74) is 3.70. The highest BCUT2D eigenvalue weighted by Crippen LogP contribution is 2.16. The summed E-state index contributed by atoms with van der Waals surface area (Å²) in [5.74, 6) is 0.787. The molecule has 0 aliphatic rings. The first-order valence-corrected chi connectivity index (χ1v) is 7.66. The van der Waals surface area contributed by atoms with Crippen molar-refractivity contribution in [3.05, 3.63) is 77.9 Å². The second kappa shape index (κ2) is 7.58. The Balaban J connectivity index is 2.29. The van der Waals surface area contributed by atoms with Crippen LogP contribution in [0.2, 0.25) is 0 Å². The molecule has 1 amide bonds. The Morgan fingerprint density at radius 1 is 1.35 bits per heavy atom. The first-order chi connectivity index (χ1) is 11.0. The number of aromatic nitrogens is 2. The van der Waals surface area contributed by atoms with E-state index in [0.717, 1.165) is 23.6 Å². The lowest BCUT2D eigenvalue weighted by Crippen LogP contribution is -2.25. The number of nitrogens with one attached hydrogen (secondary N) is 1. The van der Waals surface area contributed by atoms with E-state index < -0.39 is 0 Å². The summed E-state index contributed by atoms with van der Waals surface area (Å²) in [5, 5.41) is 2.90. The molecule has 1 aromatic heterocycles. The van der Waals surface area contributed by atoms with E-state index in [2.05, 4.69) is 40.2 Å². The van der Waals surface area contributed by atoms with Crippen LogP contribution in [-0.2, 0) is 24.3 Å². The van der Waals surface area contributed by atoms with Gasteiger partial charge in [0.25, 0.3) is 0 Å². The van der Waals surface area contributed by atoms with Crippen LogP contribution in [0.25, 0.3) is 0 Å². The molecule has 0 atom stereocenters. The molecule has 2 rings (SSSR count). The number of imidazole rings is 1. The van der Waals surface area contributed by atoms with Crippen molar-refractivity contribution in [2.75, 3.05) is 0 Å². The Kier molecular flexibility index (Phi) is 5.52. The monoisotopic (exact) mass is 309 g/mol. The van der Waals surface area contributed by atoms with Gasteiger partial charge in [0.2, 0.25) is 5.91 Å². The largest absolute Gasteiger partial charge is 0.347 e. The molecule has 0 spiro atoms. The van der Waals surface area contributed by atoms with Crippen molar-refractivity contribution in [3.63, 3.8) is 0 Å². The number of aryl methyl sites for hydroxylation is 1. The maximum atomic E-state index is 11.8. The molecule has 23 heavy (non-hydrogen) atoms. The lowest BCUT2D eigenvalue weighted by Gasteiger charge is -2.11. The minimum absolute atomic E-state index is 0.139. The zero-order chi connectivity index (χ0) is 16.8. The molecule has 2 aromatic rings. The highest BCUT2D eigenvalue weighted by Gasteiger charge is 2.15. The number of allylic oxidation sites excluding steroid dienone is 1. The molecular formula is C19H23N3O. The quantitative estimate of drug-likeness (QED) is 0.631. The molecule has 1 heterocycles. The van der Waals surface area contributed by atoms with E-state index in [9.17, 15) is 4.79 Å². The number of hydrogen-bond donors (Lipinski definition) is 1. The standard InChI is InChI=1S/C19H23N3O/c1-5-11-22-15(4)21-17(12-16-9-7-6-8-10-16)18(22)13-20-19(23)14(2)3/h5-10H,1-2,11-13H2,3-4H3,(H,20,23). The molecule has 1 N–H and O–H groups in total. The second-order valence-electron chi connectivity index (χ2n) is 5.58. The fraction of sp³-hybridized carbons (Fsp3) is 0.263. The Hall–Kier alpha value is -2.62. The molecule has 0 radical (unpaired) electrons. The Morgan fingerprint density at radius 3 is 2.65 bits per heavy atom. The van der Waals surface area contributed by atoms with E-state index >= 15 is 0 Å². The van der Waals surface area contributed by atoms with Gasteiger partial charge in [-0.2, -0.15) is 0 Å². The van der Waals surface area contributed by atoms with Gasteiger partial charge < -0.3 is 9.88 Å². The second-order valence-corrected chi connectivity index (χ2v) is 5.58. The molecular weight excluding hydrogens is 286 g/mol. The zero-order valence-electron chi connectivity index (χ0n) is 13.8. The van der Waals surface area contributed by atoms with Crippen molar-refractivity contribution < 1.29 is 4.79 Å². The van der Waals surface area contributed by atoms with Gasteiger partial charge in [0.15, 0.2) is 0 Å². The number of carbonyl (C=O) groups excluding carboxylic acids is 1. The smallest absolute Gasteiger partial charge is 0.246 e. The summed E-state index contributed by atoms with van der Waals surface area (Å²) >= 11 is 0. The lowest BCUT2D eigenvalue weighted by molar-refractivity contribution is -0.117. The van der Waals surface area contributed by atoms with E-state index in [1.807, 2.05) is 31.2 Å². The van der Waals surface area contributed by atoms with Gasteiger partial charge in [-0.25, -0.2) is 4.98 Å². The van der Waals surface area contributed by atoms with Crippen LogP contribution >= 0.6 is 0 Å². The highest BCUT2D eigenvalue weighted by atomic mass is 16.1. The van der Waals surface area contributed by atoms with Crippen molar-refractivity contribution in [2.24, 2.45) is 0 Å². The van der Waals surface area contributed by atoms with E-state index in [-0.39, 0.29) is 5.91 Å². The van der Waals surface area contributed by atoms with Crippen LogP contribution < -0.4 is 5.32 Å². The predicted octanol–water partition coefficient (Wildman–Crippen LogP) is 3.16. The molecule has 0 bridgehead atoms. The number of amides is 1. The molecule has 0 saturated heterocycles. The minimum atomic E-state index is -0.139. The molecule has 0 aliphatic carbocycles. The highest BCUT2D eigenvalue weighted by molar-refractivity contribution is 5.91. The van der Waals surface area contributed by atoms with Crippen molar-refractivity contribution in [3.8, 4) is 0 Å². The molecule has 120 valence electrons. The molecule has 0 saturated carbocycles. The first-order valence-electron chi connectivity index (χ1n) is 7.66. The normalized spacial score (nSPS) is 10.3. The van der Waals surface area contributed by atoms with E-state index in [1.165, 1.54) is 5.56 Å². The van der Waals surface area contributed by atoms with Gasteiger partial charge in [-0.1, -0.05) is 43.0 Å². The third-order valence-electron chi connectivity index (χ3n) is 3.68. The Bertz CT molecular complexity index is 714. The number of benzene rings is 1. The van der Waals surface area contributed by atoms with Crippen LogP contribution in [-0.4, -0.2) is 15.5 Å². The summed E-state index contributed by atoms with van der Waals surface area (Å²) < 4.78 is 2.09. The first kappa shape index (κ1) is 16.7. The van der Waals surface area contributed by atoms with Crippen LogP contribution in [0.3, 0.4) is 0 Å². The number of carbonyl (C=O) groups is 1. The third-order valence-corrected chi connectivity index (χ3v) is 3.68. The van der Waals surface area contributed by atoms with E-state index in [0.29, 0.717) is 18.7 Å². The van der Waals surface area contributed by atoms with Crippen molar-refractivity contribution in [1.82, 2.24) is 14.9 Å². The number of rotatable bonds is 7. The molecule has 0 unspecified atom stereocenters. The number of nitrogens with zero attached hydrogens (tertiary/aromatic N) is 2. The summed E-state index contributed by atoms with van der Waals surface area (Å²) in [4.78, 5) is 16.5. The van der Waals surface area contributed by atoms with Gasteiger partial charge in [-0.3, -0.25) is 4.79 Å². The lowest BCUT2D eigenvalue weighted by atomic mass is 10.1. The van der Waals surface area contributed by atoms with Gasteiger partial charge in [0.05, 0.1) is 17.9 Å². The predicted molar refractivity (Wildman–Crippen MR) is 93.1 cm³/mol. The van der Waals surface area contributed by atoms with Gasteiger partial charge >= 0.3 is 0 Å². The Labute approximate surface area is 137 Å².